The van der Waals surface area contributed by atoms with Gasteiger partial charge in [0.05, 0.1) is 11.2 Å². The first-order valence-corrected chi connectivity index (χ1v) is 9.97. The Morgan fingerprint density at radius 3 is 2.78 bits per heavy atom. The Labute approximate surface area is 156 Å². The number of fused-ring (bicyclic) bond motifs is 1. The van der Waals surface area contributed by atoms with Crippen LogP contribution in [0.15, 0.2) is 52.1 Å². The lowest BCUT2D eigenvalue weighted by Crippen LogP contribution is -2.27. The number of sulfonamides is 1. The zero-order chi connectivity index (χ0) is 18.9. The van der Waals surface area contributed by atoms with Gasteiger partial charge in [-0.15, -0.1) is 0 Å². The minimum absolute atomic E-state index is 0.142. The molecule has 9 heteroatoms. The highest BCUT2D eigenvalue weighted by atomic mass is 32.2. The van der Waals surface area contributed by atoms with Crippen LogP contribution in [-0.2, 0) is 23.5 Å². The van der Waals surface area contributed by atoms with Crippen LogP contribution in [0.5, 0.6) is 11.5 Å². The van der Waals surface area contributed by atoms with Gasteiger partial charge in [-0.2, -0.15) is 0 Å². The highest BCUT2D eigenvalue weighted by Gasteiger charge is 2.19. The predicted octanol–water partition coefficient (Wildman–Crippen LogP) is 1.97. The smallest absolute Gasteiger partial charge is 0.240 e. The molecule has 0 saturated heterocycles. The molecular formula is C18H19N3O5S. The van der Waals surface area contributed by atoms with Crippen molar-refractivity contribution in [1.82, 2.24) is 14.3 Å². The van der Waals surface area contributed by atoms with Gasteiger partial charge in [-0.1, -0.05) is 0 Å². The summed E-state index contributed by atoms with van der Waals surface area (Å²) in [6.07, 6.45) is 3.88. The number of rotatable bonds is 6. The second-order valence-electron chi connectivity index (χ2n) is 6.08. The maximum Gasteiger partial charge on any atom is 0.240 e. The summed E-state index contributed by atoms with van der Waals surface area (Å²) >= 11 is 0. The first-order valence-electron chi connectivity index (χ1n) is 8.48. The number of furan rings is 1. The van der Waals surface area contributed by atoms with Gasteiger partial charge in [-0.25, -0.2) is 18.1 Å². The lowest BCUT2D eigenvalue weighted by atomic mass is 10.3. The quantitative estimate of drug-likeness (QED) is 0.693. The number of imidazole rings is 1. The van der Waals surface area contributed by atoms with E-state index >= 15 is 0 Å². The first-order chi connectivity index (χ1) is 13.0. The molecule has 0 radical (unpaired) electrons. The Hall–Kier alpha value is -2.78. The van der Waals surface area contributed by atoms with Crippen LogP contribution in [0.1, 0.15) is 5.82 Å². The molecular weight excluding hydrogens is 370 g/mol. The maximum absolute atomic E-state index is 12.5. The van der Waals surface area contributed by atoms with E-state index in [1.165, 1.54) is 12.1 Å². The fraction of sp³-hybridized carbons (Fsp3) is 0.278. The molecule has 0 aliphatic carbocycles. The SMILES string of the molecule is Cn1cc(-c2ccco2)nc1CCNS(=O)(=O)c1ccc2c(c1)OCCO2. The Bertz CT molecular complexity index is 1040. The number of aromatic nitrogens is 2. The van der Waals surface area contributed by atoms with Crippen molar-refractivity contribution in [3.63, 3.8) is 0 Å². The van der Waals surface area contributed by atoms with Crippen molar-refractivity contribution < 1.29 is 22.3 Å². The van der Waals surface area contributed by atoms with E-state index in [2.05, 4.69) is 9.71 Å². The summed E-state index contributed by atoms with van der Waals surface area (Å²) in [6.45, 7) is 1.08. The number of hydrogen-bond acceptors (Lipinski definition) is 6. The van der Waals surface area contributed by atoms with Crippen LogP contribution in [0, 0.1) is 0 Å². The largest absolute Gasteiger partial charge is 0.486 e. The lowest BCUT2D eigenvalue weighted by molar-refractivity contribution is 0.171. The summed E-state index contributed by atoms with van der Waals surface area (Å²) < 4.78 is 45.7. The summed E-state index contributed by atoms with van der Waals surface area (Å²) in [5.41, 5.74) is 0.715. The highest BCUT2D eigenvalue weighted by molar-refractivity contribution is 7.89. The molecule has 0 spiro atoms. The van der Waals surface area contributed by atoms with E-state index in [0.717, 1.165) is 5.82 Å². The fourth-order valence-electron chi connectivity index (χ4n) is 2.85. The number of ether oxygens (including phenoxy) is 2. The van der Waals surface area contributed by atoms with Crippen molar-refractivity contribution in [2.24, 2.45) is 7.05 Å². The molecule has 1 N–H and O–H groups in total. The minimum Gasteiger partial charge on any atom is -0.486 e. The van der Waals surface area contributed by atoms with Crippen LogP contribution >= 0.6 is 0 Å². The molecule has 27 heavy (non-hydrogen) atoms. The van der Waals surface area contributed by atoms with Gasteiger partial charge in [-0.3, -0.25) is 0 Å². The third kappa shape index (κ3) is 3.69. The van der Waals surface area contributed by atoms with E-state index in [-0.39, 0.29) is 11.4 Å². The van der Waals surface area contributed by atoms with Crippen LogP contribution in [0.4, 0.5) is 0 Å². The molecule has 3 heterocycles. The van der Waals surface area contributed by atoms with Gasteiger partial charge in [0.15, 0.2) is 17.3 Å². The molecule has 0 amide bonds. The van der Waals surface area contributed by atoms with Crippen molar-refractivity contribution in [2.75, 3.05) is 19.8 Å². The molecule has 0 fully saturated rings. The molecule has 0 bridgehead atoms. The fourth-order valence-corrected chi connectivity index (χ4v) is 3.90. The van der Waals surface area contributed by atoms with Crippen molar-refractivity contribution >= 4 is 10.0 Å². The number of nitrogens with one attached hydrogen (secondary N) is 1. The van der Waals surface area contributed by atoms with Gasteiger partial charge in [0.25, 0.3) is 0 Å². The van der Waals surface area contributed by atoms with Crippen LogP contribution in [0.3, 0.4) is 0 Å². The molecule has 1 aliphatic heterocycles. The van der Waals surface area contributed by atoms with Gasteiger partial charge in [0.1, 0.15) is 24.7 Å². The number of aryl methyl sites for hydroxylation is 1. The average Bonchev–Trinajstić information content (AvgIpc) is 3.31. The normalized spacial score (nSPS) is 13.7. The summed E-state index contributed by atoms with van der Waals surface area (Å²) in [6, 6.07) is 8.22. The number of hydrogen-bond donors (Lipinski definition) is 1. The summed E-state index contributed by atoms with van der Waals surface area (Å²) in [5, 5.41) is 0. The molecule has 0 atom stereocenters. The van der Waals surface area contributed by atoms with E-state index in [1.807, 2.05) is 23.9 Å². The molecule has 142 valence electrons. The van der Waals surface area contributed by atoms with Gasteiger partial charge in [-0.05, 0) is 24.3 Å². The van der Waals surface area contributed by atoms with Gasteiger partial charge in [0.2, 0.25) is 10.0 Å². The Kier molecular flexibility index (Phi) is 4.63. The molecule has 0 unspecified atom stereocenters. The zero-order valence-corrected chi connectivity index (χ0v) is 15.5. The Morgan fingerprint density at radius 1 is 1.19 bits per heavy atom. The van der Waals surface area contributed by atoms with Crippen molar-refractivity contribution in [3.8, 4) is 23.0 Å². The molecule has 1 aromatic carbocycles. The highest BCUT2D eigenvalue weighted by Crippen LogP contribution is 2.32. The van der Waals surface area contributed by atoms with Crippen LogP contribution in [-0.4, -0.2) is 37.7 Å². The first kappa shape index (κ1) is 17.6. The Balaban J connectivity index is 1.43. The topological polar surface area (TPSA) is 95.6 Å². The average molecular weight is 389 g/mol. The Morgan fingerprint density at radius 2 is 2.00 bits per heavy atom. The van der Waals surface area contributed by atoms with Crippen molar-refractivity contribution in [3.05, 3.63) is 48.6 Å². The summed E-state index contributed by atoms with van der Waals surface area (Å²) in [4.78, 5) is 4.64. The van der Waals surface area contributed by atoms with Crippen LogP contribution in [0.25, 0.3) is 11.5 Å². The number of benzene rings is 1. The van der Waals surface area contributed by atoms with Crippen LogP contribution < -0.4 is 14.2 Å². The second-order valence-corrected chi connectivity index (χ2v) is 7.85. The molecule has 3 aromatic rings. The summed E-state index contributed by atoms with van der Waals surface area (Å²) in [5.74, 6) is 2.43. The van der Waals surface area contributed by atoms with Gasteiger partial charge >= 0.3 is 0 Å². The third-order valence-electron chi connectivity index (χ3n) is 4.21. The van der Waals surface area contributed by atoms with Crippen molar-refractivity contribution in [2.45, 2.75) is 11.3 Å². The number of nitrogens with zero attached hydrogens (tertiary/aromatic N) is 2. The van der Waals surface area contributed by atoms with E-state index in [0.29, 0.717) is 42.6 Å². The van der Waals surface area contributed by atoms with Gasteiger partial charge in [0, 0.05) is 32.3 Å². The molecule has 4 rings (SSSR count). The maximum atomic E-state index is 12.5. The van der Waals surface area contributed by atoms with Gasteiger partial charge < -0.3 is 18.5 Å². The summed E-state index contributed by atoms with van der Waals surface area (Å²) in [7, 11) is -1.79. The van der Waals surface area contributed by atoms with E-state index < -0.39 is 10.0 Å². The molecule has 1 aliphatic rings. The minimum atomic E-state index is -3.65. The van der Waals surface area contributed by atoms with Crippen molar-refractivity contribution in [1.29, 1.82) is 0 Å². The standard InChI is InChI=1S/C18H19N3O5S/c1-21-12-14(15-3-2-8-24-15)20-18(21)6-7-19-27(22,23)13-4-5-16-17(11-13)26-10-9-25-16/h2-5,8,11-12,19H,6-7,9-10H2,1H3. The second kappa shape index (κ2) is 7.09. The lowest BCUT2D eigenvalue weighted by Gasteiger charge is -2.18. The molecule has 8 nitrogen and oxygen atoms in total. The van der Waals surface area contributed by atoms with Crippen LogP contribution in [0.2, 0.25) is 0 Å². The van der Waals surface area contributed by atoms with E-state index in [9.17, 15) is 8.42 Å². The monoisotopic (exact) mass is 389 g/mol. The molecule has 2 aromatic heterocycles. The zero-order valence-electron chi connectivity index (χ0n) is 14.7. The van der Waals surface area contributed by atoms with E-state index in [1.54, 1.807) is 18.4 Å². The van der Waals surface area contributed by atoms with E-state index in [4.69, 9.17) is 13.9 Å². The molecule has 0 saturated carbocycles. The predicted molar refractivity (Wildman–Crippen MR) is 97.2 cm³/mol. The third-order valence-corrected chi connectivity index (χ3v) is 5.67.